The van der Waals surface area contributed by atoms with Gasteiger partial charge in [0.05, 0.1) is 12.4 Å². The maximum Gasteiger partial charge on any atom is 0.326 e. The number of aliphatic imine (C=N–C) groups is 1. The van der Waals surface area contributed by atoms with Gasteiger partial charge in [0.25, 0.3) is 0 Å². The van der Waals surface area contributed by atoms with Gasteiger partial charge in [0.15, 0.2) is 5.96 Å². The zero-order valence-corrected chi connectivity index (χ0v) is 36.4. The summed E-state index contributed by atoms with van der Waals surface area (Å²) in [6.07, 6.45) is 2.44. The van der Waals surface area contributed by atoms with Gasteiger partial charge in [-0.15, -0.1) is 0 Å². The molecule has 8 atom stereocenters. The van der Waals surface area contributed by atoms with Crippen LogP contribution in [0.1, 0.15) is 78.0 Å². The molecule has 22 heteroatoms. The van der Waals surface area contributed by atoms with Gasteiger partial charge in [-0.05, 0) is 68.6 Å². The Balaban J connectivity index is 1.92. The van der Waals surface area contributed by atoms with E-state index in [1.807, 2.05) is 13.8 Å². The average molecular weight is 885 g/mol. The van der Waals surface area contributed by atoms with Crippen molar-refractivity contribution in [3.05, 3.63) is 48.0 Å². The number of hydrogen-bond acceptors (Lipinski definition) is 12. The maximum atomic E-state index is 14.3. The van der Waals surface area contributed by atoms with E-state index in [0.717, 1.165) is 0 Å². The molecular formula is C41H64N12O10. The summed E-state index contributed by atoms with van der Waals surface area (Å²) in [5, 5.41) is 42.8. The van der Waals surface area contributed by atoms with Crippen molar-refractivity contribution < 1.29 is 48.9 Å². The monoisotopic (exact) mass is 884 g/mol. The first-order valence-corrected chi connectivity index (χ1v) is 21.0. The number of benzene rings is 1. The number of phenolic OH excluding ortho intramolecular Hbond substituents is 1. The number of guanidine groups is 1. The van der Waals surface area contributed by atoms with Gasteiger partial charge in [0.2, 0.25) is 35.4 Å². The van der Waals surface area contributed by atoms with Crippen LogP contribution in [0.3, 0.4) is 0 Å². The van der Waals surface area contributed by atoms with Crippen LogP contribution in [0.5, 0.6) is 5.75 Å². The Morgan fingerprint density at radius 1 is 0.857 bits per heavy atom. The van der Waals surface area contributed by atoms with Crippen LogP contribution in [0.15, 0.2) is 41.8 Å². The van der Waals surface area contributed by atoms with Crippen molar-refractivity contribution in [3.8, 4) is 5.75 Å². The molecule has 1 aromatic heterocycles. The minimum absolute atomic E-state index is 0.0427. The van der Waals surface area contributed by atoms with Crippen LogP contribution < -0.4 is 43.8 Å². The smallest absolute Gasteiger partial charge is 0.326 e. The predicted molar refractivity (Wildman–Crippen MR) is 230 cm³/mol. The Morgan fingerprint density at radius 3 is 2.00 bits per heavy atom. The number of H-pyrrole nitrogens is 1. The van der Waals surface area contributed by atoms with Crippen molar-refractivity contribution in [3.63, 3.8) is 0 Å². The second kappa shape index (κ2) is 24.4. The quantitative estimate of drug-likeness (QED) is 0.0304. The summed E-state index contributed by atoms with van der Waals surface area (Å²) in [5.41, 5.74) is 17.8. The van der Waals surface area contributed by atoms with Crippen LogP contribution in [0.25, 0.3) is 0 Å². The van der Waals surface area contributed by atoms with Crippen LogP contribution in [-0.4, -0.2) is 139 Å². The summed E-state index contributed by atoms with van der Waals surface area (Å²) in [6, 6.07) is -2.89. The molecular weight excluding hydrogens is 821 g/mol. The van der Waals surface area contributed by atoms with E-state index in [1.165, 1.54) is 48.6 Å². The predicted octanol–water partition coefficient (Wildman–Crippen LogP) is -2.14. The number of phenols is 1. The second-order valence-corrected chi connectivity index (χ2v) is 16.5. The van der Waals surface area contributed by atoms with E-state index in [0.29, 0.717) is 24.1 Å². The number of aromatic hydroxyl groups is 1. The van der Waals surface area contributed by atoms with E-state index in [-0.39, 0.29) is 62.8 Å². The topological polar surface area (TPSA) is 363 Å². The standard InChI is InChI=1S/C41H64N12O10/c1-21(2)16-28(51-38(60)31-9-7-15-53(31)39(61)32(42)23(5)54)35(57)50-30(18-25-19-45-20-47-25)36(58)48-27(8-6-14-46-41(43)44)34(56)49-29(17-24-10-12-26(55)13-11-24)37(59)52-33(22(3)4)40(62)63/h10-13,19-23,27-33,54-55H,6-9,14-18,42H2,1-5H3,(H,45,47)(H,48,58)(H,49,56)(H,50,57)(H,51,60)(H,52,59)(H,62,63)(H4,43,44,46)/t23-,27+,28+,29+,30+,31+,32+,33+/m1/s1. The summed E-state index contributed by atoms with van der Waals surface area (Å²) < 4.78 is 0. The van der Waals surface area contributed by atoms with Crippen molar-refractivity contribution in [1.29, 1.82) is 0 Å². The van der Waals surface area contributed by atoms with Gasteiger partial charge in [-0.3, -0.25) is 33.8 Å². The first-order chi connectivity index (χ1) is 29.7. The SMILES string of the molecule is CC(C)C[C@H](NC(=O)[C@@H]1CCCN1C(=O)[C@@H](N)[C@@H](C)O)C(=O)N[C@@H](Cc1cnc[nH]1)C(=O)N[C@@H](CCCN=C(N)N)C(=O)N[C@@H](Cc1ccc(O)cc1)C(=O)N[C@H](C(=O)O)C(C)C. The molecule has 0 spiro atoms. The summed E-state index contributed by atoms with van der Waals surface area (Å²) in [7, 11) is 0. The molecule has 15 N–H and O–H groups in total. The highest BCUT2D eigenvalue weighted by molar-refractivity contribution is 5.97. The highest BCUT2D eigenvalue weighted by atomic mass is 16.4. The van der Waals surface area contributed by atoms with Gasteiger partial charge < -0.3 is 69.0 Å². The maximum absolute atomic E-state index is 14.3. The van der Waals surface area contributed by atoms with E-state index >= 15 is 0 Å². The highest BCUT2D eigenvalue weighted by Gasteiger charge is 2.39. The number of aliphatic carboxylic acids is 1. The Kier molecular flexibility index (Phi) is 19.8. The van der Waals surface area contributed by atoms with Crippen molar-refractivity contribution in [2.24, 2.45) is 34.0 Å². The number of amides is 6. The molecule has 0 radical (unpaired) electrons. The van der Waals surface area contributed by atoms with Crippen molar-refractivity contribution in [2.45, 2.75) is 128 Å². The molecule has 1 aliphatic heterocycles. The van der Waals surface area contributed by atoms with E-state index in [4.69, 9.17) is 17.2 Å². The molecule has 1 aliphatic rings. The number of imidazole rings is 1. The number of nitrogens with two attached hydrogens (primary N) is 3. The minimum atomic E-state index is -1.36. The van der Waals surface area contributed by atoms with Crippen LogP contribution in [0.2, 0.25) is 0 Å². The zero-order chi connectivity index (χ0) is 47.0. The number of carbonyl (C=O) groups is 7. The molecule has 0 unspecified atom stereocenters. The number of likely N-dealkylation sites (tertiary alicyclic amines) is 1. The molecule has 0 aliphatic carbocycles. The van der Waals surface area contributed by atoms with Gasteiger partial charge in [-0.25, -0.2) is 9.78 Å². The lowest BCUT2D eigenvalue weighted by Gasteiger charge is -2.30. The minimum Gasteiger partial charge on any atom is -0.508 e. The summed E-state index contributed by atoms with van der Waals surface area (Å²) >= 11 is 0. The van der Waals surface area contributed by atoms with Crippen LogP contribution in [0.4, 0.5) is 0 Å². The molecule has 2 heterocycles. The lowest BCUT2D eigenvalue weighted by Crippen LogP contribution is -2.60. The molecule has 22 nitrogen and oxygen atoms in total. The molecule has 6 amide bonds. The van der Waals surface area contributed by atoms with Gasteiger partial charge >= 0.3 is 5.97 Å². The van der Waals surface area contributed by atoms with Crippen molar-refractivity contribution in [1.82, 2.24) is 41.5 Å². The third-order valence-corrected chi connectivity index (χ3v) is 10.4. The number of aliphatic hydroxyl groups excluding tert-OH is 1. The number of carbonyl (C=O) groups excluding carboxylic acids is 6. The Bertz CT molecular complexity index is 1890. The third-order valence-electron chi connectivity index (χ3n) is 10.4. The van der Waals surface area contributed by atoms with E-state index in [9.17, 15) is 48.9 Å². The molecule has 3 rings (SSSR count). The fraction of sp³-hybridized carbons (Fsp3) is 0.585. The Morgan fingerprint density at radius 2 is 1.44 bits per heavy atom. The molecule has 0 saturated carbocycles. The number of hydrogen-bond donors (Lipinski definition) is 12. The number of nitrogens with one attached hydrogen (secondary N) is 6. The van der Waals surface area contributed by atoms with E-state index < -0.39 is 95.7 Å². The van der Waals surface area contributed by atoms with E-state index in [1.54, 1.807) is 13.8 Å². The Hall–Kier alpha value is -6.29. The van der Waals surface area contributed by atoms with Gasteiger partial charge in [0.1, 0.15) is 48.0 Å². The zero-order valence-electron chi connectivity index (χ0n) is 36.4. The average Bonchev–Trinajstić information content (AvgIpc) is 3.93. The molecule has 0 bridgehead atoms. The van der Waals surface area contributed by atoms with Gasteiger partial charge in [-0.1, -0.05) is 39.8 Å². The molecule has 2 aromatic rings. The second-order valence-electron chi connectivity index (χ2n) is 16.5. The van der Waals surface area contributed by atoms with E-state index in [2.05, 4.69) is 41.5 Å². The van der Waals surface area contributed by atoms with Crippen LogP contribution in [-0.2, 0) is 46.4 Å². The number of aromatic amines is 1. The molecule has 1 fully saturated rings. The Labute approximate surface area is 366 Å². The van der Waals surface area contributed by atoms with Gasteiger partial charge in [0, 0.05) is 37.8 Å². The number of aromatic nitrogens is 2. The number of aliphatic hydroxyl groups is 1. The first-order valence-electron chi connectivity index (χ1n) is 21.0. The molecule has 348 valence electrons. The molecule has 63 heavy (non-hydrogen) atoms. The normalized spacial score (nSPS) is 17.0. The molecule has 1 aromatic carbocycles. The fourth-order valence-corrected chi connectivity index (χ4v) is 6.93. The number of nitrogens with zero attached hydrogens (tertiary/aromatic N) is 3. The lowest BCUT2D eigenvalue weighted by atomic mass is 10.0. The summed E-state index contributed by atoms with van der Waals surface area (Å²) in [4.78, 5) is 107. The summed E-state index contributed by atoms with van der Waals surface area (Å²) in [5.74, 6) is -6.58. The largest absolute Gasteiger partial charge is 0.508 e. The lowest BCUT2D eigenvalue weighted by molar-refractivity contribution is -0.143. The fourth-order valence-electron chi connectivity index (χ4n) is 6.93. The van der Waals surface area contributed by atoms with Gasteiger partial charge in [-0.2, -0.15) is 0 Å². The number of carboxylic acids is 1. The molecule has 1 saturated heterocycles. The first kappa shape index (κ1) is 51.1. The van der Waals surface area contributed by atoms with Crippen molar-refractivity contribution in [2.75, 3.05) is 13.1 Å². The third kappa shape index (κ3) is 16.2. The van der Waals surface area contributed by atoms with Crippen LogP contribution >= 0.6 is 0 Å². The van der Waals surface area contributed by atoms with Crippen molar-refractivity contribution >= 4 is 47.4 Å². The van der Waals surface area contributed by atoms with Crippen LogP contribution in [0, 0.1) is 11.8 Å². The number of carboxylic acid groups (broad SMARTS) is 1. The number of rotatable bonds is 24. The highest BCUT2D eigenvalue weighted by Crippen LogP contribution is 2.20. The summed E-state index contributed by atoms with van der Waals surface area (Å²) in [6.45, 7) is 8.54.